The van der Waals surface area contributed by atoms with Crippen molar-refractivity contribution in [1.82, 2.24) is 15.0 Å². The first-order chi connectivity index (χ1) is 20.9. The van der Waals surface area contributed by atoms with Crippen LogP contribution >= 0.6 is 0 Å². The Morgan fingerprint density at radius 3 is 1.67 bits per heavy atom. The highest BCUT2D eigenvalue weighted by molar-refractivity contribution is 6.01. The number of pyridine rings is 3. The van der Waals surface area contributed by atoms with Crippen LogP contribution in [0.15, 0.2) is 122 Å². The molecule has 1 aliphatic rings. The maximum Gasteiger partial charge on any atom is 0.188 e. The first-order valence-electron chi connectivity index (χ1n) is 14.5. The molecule has 5 aromatic rings. The second-order valence-electron chi connectivity index (χ2n) is 11.5. The molecule has 1 fully saturated rings. The van der Waals surface area contributed by atoms with E-state index in [2.05, 4.69) is 15.0 Å². The van der Waals surface area contributed by atoms with Gasteiger partial charge in [0.2, 0.25) is 0 Å². The molecule has 0 aliphatic heterocycles. The largest absolute Gasteiger partial charge is 0.383 e. The number of Topliss-reactive ketones (excluding diaryl/α,β-unsaturated/α-hetero) is 2. The van der Waals surface area contributed by atoms with E-state index in [1.807, 2.05) is 68.4 Å². The highest BCUT2D eigenvalue weighted by Crippen LogP contribution is 2.58. The second-order valence-corrected chi connectivity index (χ2v) is 11.5. The Kier molecular flexibility index (Phi) is 7.78. The second kappa shape index (κ2) is 11.8. The minimum absolute atomic E-state index is 0.113. The van der Waals surface area contributed by atoms with E-state index in [-0.39, 0.29) is 23.7 Å². The van der Waals surface area contributed by atoms with Gasteiger partial charge in [-0.2, -0.15) is 0 Å². The minimum atomic E-state index is -1.71. The number of benzene rings is 2. The molecule has 0 spiro atoms. The fourth-order valence-corrected chi connectivity index (χ4v) is 6.63. The Bertz CT molecular complexity index is 1710. The van der Waals surface area contributed by atoms with Gasteiger partial charge in [0.1, 0.15) is 17.0 Å². The van der Waals surface area contributed by atoms with Crippen molar-refractivity contribution in [3.8, 4) is 0 Å². The van der Waals surface area contributed by atoms with Crippen molar-refractivity contribution in [3.05, 3.63) is 161 Å². The Morgan fingerprint density at radius 1 is 0.651 bits per heavy atom. The SMILES string of the molecule is Cc1ccc([C@H]2[C@@H](C(=O)c3ccccn3)[C@H](c3ccc(C)cc3)C[C@](O)(c3ccccn3)[C@H]2C(=O)c2ccccn2)cc1. The molecule has 43 heavy (non-hydrogen) atoms. The molecular formula is C37H33N3O3. The van der Waals surface area contributed by atoms with Crippen LogP contribution in [0.5, 0.6) is 0 Å². The van der Waals surface area contributed by atoms with Gasteiger partial charge in [-0.1, -0.05) is 77.9 Å². The van der Waals surface area contributed by atoms with E-state index < -0.39 is 29.3 Å². The lowest BCUT2D eigenvalue weighted by atomic mass is 9.53. The molecule has 0 bridgehead atoms. The van der Waals surface area contributed by atoms with Crippen LogP contribution in [0.25, 0.3) is 0 Å². The number of carbonyl (C=O) groups excluding carboxylic acids is 2. The molecule has 0 saturated heterocycles. The van der Waals surface area contributed by atoms with Gasteiger partial charge in [0.15, 0.2) is 11.6 Å². The van der Waals surface area contributed by atoms with Gasteiger partial charge in [-0.05, 0) is 73.7 Å². The van der Waals surface area contributed by atoms with Crippen molar-refractivity contribution in [3.63, 3.8) is 0 Å². The van der Waals surface area contributed by atoms with Gasteiger partial charge in [0.25, 0.3) is 0 Å². The summed E-state index contributed by atoms with van der Waals surface area (Å²) in [6, 6.07) is 31.8. The number of ketones is 2. The molecule has 2 aromatic carbocycles. The third-order valence-electron chi connectivity index (χ3n) is 8.72. The number of aromatic nitrogens is 3. The van der Waals surface area contributed by atoms with Gasteiger partial charge in [-0.3, -0.25) is 24.5 Å². The number of carbonyl (C=O) groups is 2. The van der Waals surface area contributed by atoms with E-state index in [0.717, 1.165) is 22.3 Å². The van der Waals surface area contributed by atoms with Crippen LogP contribution in [-0.4, -0.2) is 31.6 Å². The molecule has 1 N–H and O–H groups in total. The van der Waals surface area contributed by atoms with Crippen LogP contribution in [0.2, 0.25) is 0 Å². The Labute approximate surface area is 251 Å². The van der Waals surface area contributed by atoms with Crippen molar-refractivity contribution in [2.45, 2.75) is 37.7 Å². The number of rotatable bonds is 7. The van der Waals surface area contributed by atoms with Gasteiger partial charge in [0, 0.05) is 30.4 Å². The maximum atomic E-state index is 14.7. The summed E-state index contributed by atoms with van der Waals surface area (Å²) in [5.74, 6) is -3.42. The molecule has 0 amide bonds. The zero-order valence-corrected chi connectivity index (χ0v) is 24.2. The van der Waals surface area contributed by atoms with Crippen LogP contribution < -0.4 is 0 Å². The molecule has 5 atom stereocenters. The van der Waals surface area contributed by atoms with E-state index in [9.17, 15) is 14.7 Å². The van der Waals surface area contributed by atoms with E-state index in [4.69, 9.17) is 0 Å². The van der Waals surface area contributed by atoms with Gasteiger partial charge >= 0.3 is 0 Å². The molecule has 3 aromatic heterocycles. The van der Waals surface area contributed by atoms with Gasteiger partial charge in [-0.25, -0.2) is 0 Å². The third-order valence-corrected chi connectivity index (χ3v) is 8.72. The van der Waals surface area contributed by atoms with E-state index >= 15 is 0 Å². The lowest BCUT2D eigenvalue weighted by Crippen LogP contribution is -2.54. The monoisotopic (exact) mass is 567 g/mol. The summed E-state index contributed by atoms with van der Waals surface area (Å²) >= 11 is 0. The predicted octanol–water partition coefficient (Wildman–Crippen LogP) is 6.65. The quantitative estimate of drug-likeness (QED) is 0.222. The summed E-state index contributed by atoms with van der Waals surface area (Å²) in [5, 5.41) is 12.9. The van der Waals surface area contributed by atoms with Gasteiger partial charge < -0.3 is 5.11 Å². The molecule has 3 heterocycles. The van der Waals surface area contributed by atoms with Crippen molar-refractivity contribution in [2.24, 2.45) is 11.8 Å². The number of hydrogen-bond acceptors (Lipinski definition) is 6. The van der Waals surface area contributed by atoms with Crippen molar-refractivity contribution in [1.29, 1.82) is 0 Å². The van der Waals surface area contributed by atoms with E-state index in [1.165, 1.54) is 0 Å². The number of hydrogen-bond donors (Lipinski definition) is 1. The van der Waals surface area contributed by atoms with Gasteiger partial charge in [-0.15, -0.1) is 0 Å². The summed E-state index contributed by atoms with van der Waals surface area (Å²) in [5.41, 5.74) is 3.09. The smallest absolute Gasteiger partial charge is 0.188 e. The fourth-order valence-electron chi connectivity index (χ4n) is 6.63. The molecule has 6 nitrogen and oxygen atoms in total. The lowest BCUT2D eigenvalue weighted by Gasteiger charge is -2.50. The molecule has 0 radical (unpaired) electrons. The van der Waals surface area contributed by atoms with Crippen LogP contribution in [0, 0.1) is 25.7 Å². The highest BCUT2D eigenvalue weighted by atomic mass is 16.3. The summed E-state index contributed by atoms with van der Waals surface area (Å²) in [6.07, 6.45) is 4.92. The lowest BCUT2D eigenvalue weighted by molar-refractivity contribution is -0.0722. The molecular weight excluding hydrogens is 534 g/mol. The molecule has 0 unspecified atom stereocenters. The average Bonchev–Trinajstić information content (AvgIpc) is 3.05. The summed E-state index contributed by atoms with van der Waals surface area (Å²) < 4.78 is 0. The third kappa shape index (κ3) is 5.42. The number of aliphatic hydroxyl groups is 1. The Hall–Kier alpha value is -4.81. The maximum absolute atomic E-state index is 14.7. The zero-order valence-electron chi connectivity index (χ0n) is 24.2. The summed E-state index contributed by atoms with van der Waals surface area (Å²) in [7, 11) is 0. The first kappa shape index (κ1) is 28.3. The van der Waals surface area contributed by atoms with E-state index in [1.54, 1.807) is 67.1 Å². The summed E-state index contributed by atoms with van der Waals surface area (Å²) in [4.78, 5) is 42.7. The molecule has 6 rings (SSSR count). The fraction of sp³-hybridized carbons (Fsp3) is 0.216. The molecule has 214 valence electrons. The summed E-state index contributed by atoms with van der Waals surface area (Å²) in [6.45, 7) is 4.01. The molecule has 1 saturated carbocycles. The van der Waals surface area contributed by atoms with Crippen molar-refractivity contribution < 1.29 is 14.7 Å². The van der Waals surface area contributed by atoms with Crippen molar-refractivity contribution in [2.75, 3.05) is 0 Å². The van der Waals surface area contributed by atoms with Crippen LogP contribution in [-0.2, 0) is 5.60 Å². The van der Waals surface area contributed by atoms with E-state index in [0.29, 0.717) is 11.4 Å². The average molecular weight is 568 g/mol. The Morgan fingerprint density at radius 2 is 1.16 bits per heavy atom. The number of aryl methyl sites for hydroxylation is 2. The minimum Gasteiger partial charge on any atom is -0.383 e. The molecule has 1 aliphatic carbocycles. The standard InChI is InChI=1S/C37H33N3O3/c1-24-12-16-26(17-13-24)28-23-37(43,31-11-5-8-22-40-31)34(36(42)30-10-4-7-21-39-30)32(27-18-14-25(2)15-19-27)33(28)35(41)29-9-3-6-20-38-29/h3-22,28,32-34,43H,23H2,1-2H3/t28-,32-,33-,34+,37-/m0/s1. The van der Waals surface area contributed by atoms with Crippen LogP contribution in [0.3, 0.4) is 0 Å². The number of nitrogens with zero attached hydrogens (tertiary/aromatic N) is 3. The predicted molar refractivity (Wildman–Crippen MR) is 165 cm³/mol. The Balaban J connectivity index is 1.65. The van der Waals surface area contributed by atoms with Crippen LogP contribution in [0.4, 0.5) is 0 Å². The normalized spacial score (nSPS) is 23.4. The topological polar surface area (TPSA) is 93.0 Å². The van der Waals surface area contributed by atoms with Crippen LogP contribution in [0.1, 0.15) is 67.2 Å². The van der Waals surface area contributed by atoms with Crippen molar-refractivity contribution >= 4 is 11.6 Å². The highest BCUT2D eigenvalue weighted by Gasteiger charge is 2.59. The molecule has 6 heteroatoms. The zero-order chi connectivity index (χ0) is 30.0. The first-order valence-corrected chi connectivity index (χ1v) is 14.5. The van der Waals surface area contributed by atoms with Gasteiger partial charge in [0.05, 0.1) is 11.6 Å².